The summed E-state index contributed by atoms with van der Waals surface area (Å²) in [5.41, 5.74) is 0.949. The standard InChI is InChI=1S/C38H28O4P2.C8H3N2O4.C3H5.Ir/c1-5-13-27(14-6-1)43(28-15-7-2-8-16-28)33-23-21-31-37(41-25-39-31)35(33)36-34(24-22-32-38(36)42-26-40-32)44(29-17-9-3-10-18-29)30-19-11-4-12-20-30;9-4-6-2-1-5(8(11)12)3-7(6)10(13)14;1-3-2;/h1-24H,25-26H2;2-3H,(H,11,12);3H,1-2H2;/q;-1;;. The second-order valence-electron chi connectivity index (χ2n) is 13.0. The van der Waals surface area contributed by atoms with Crippen LogP contribution in [0.5, 0.6) is 23.0 Å². The molecule has 0 spiro atoms. The number of nitriles is 1. The van der Waals surface area contributed by atoms with Crippen molar-refractivity contribution in [1.29, 1.82) is 5.26 Å². The van der Waals surface area contributed by atoms with Crippen LogP contribution in [0.2, 0.25) is 0 Å². The Bertz CT molecular complexity index is 2460. The monoisotopic (exact) mass is 1040 g/mol. The number of hydrogen-bond donors (Lipinski definition) is 1. The number of nitro benzene ring substituents is 1. The van der Waals surface area contributed by atoms with Crippen molar-refractivity contribution in [1.82, 2.24) is 0 Å². The van der Waals surface area contributed by atoms with Crippen LogP contribution in [-0.4, -0.2) is 29.6 Å². The number of carbonyl (C=O) groups is 1. The van der Waals surface area contributed by atoms with E-state index in [0.29, 0.717) is 0 Å². The minimum Gasteiger partial charge on any atom is -0.521 e. The second kappa shape index (κ2) is 21.4. The van der Waals surface area contributed by atoms with Crippen LogP contribution >= 0.6 is 15.8 Å². The third kappa shape index (κ3) is 9.87. The van der Waals surface area contributed by atoms with Gasteiger partial charge < -0.3 is 28.8 Å². The summed E-state index contributed by atoms with van der Waals surface area (Å²) < 4.78 is 24.7. The quantitative estimate of drug-likeness (QED) is 0.0657. The maximum atomic E-state index is 10.4. The van der Waals surface area contributed by atoms with E-state index in [1.165, 1.54) is 38.2 Å². The van der Waals surface area contributed by atoms with Crippen molar-refractivity contribution in [2.75, 3.05) is 13.6 Å². The van der Waals surface area contributed by atoms with Crippen LogP contribution in [-0.2, 0) is 20.1 Å². The molecule has 0 aliphatic carbocycles. The molecule has 9 rings (SSSR count). The molecule has 0 unspecified atom stereocenters. The van der Waals surface area contributed by atoms with E-state index in [1.54, 1.807) is 6.07 Å². The van der Waals surface area contributed by atoms with E-state index in [2.05, 4.69) is 166 Å². The van der Waals surface area contributed by atoms with Crippen LogP contribution in [0.1, 0.15) is 15.9 Å². The van der Waals surface area contributed by atoms with Crippen LogP contribution in [0.3, 0.4) is 0 Å². The summed E-state index contributed by atoms with van der Waals surface area (Å²) in [5, 5.41) is 34.8. The van der Waals surface area contributed by atoms with Gasteiger partial charge >= 0.3 is 0 Å². The number of hydrogen-bond acceptors (Lipinski definition) is 8. The Morgan fingerprint density at radius 1 is 0.677 bits per heavy atom. The van der Waals surface area contributed by atoms with Crippen LogP contribution < -0.4 is 50.8 Å². The SMILES string of the molecule is N#Cc1c[c-]c(C(=O)O)cc1[N+](=O)[O-].[CH2][CH][CH2].[Ir].c1ccc(P(c2ccccc2)c2ccc3c(c2-c2c(P(c4ccccc4)c4ccccc4)ccc4c2OCO4)OCO3)cc1. The van der Waals surface area contributed by atoms with Gasteiger partial charge in [-0.3, -0.25) is 10.1 Å². The molecule has 62 heavy (non-hydrogen) atoms. The van der Waals surface area contributed by atoms with E-state index < -0.39 is 32.4 Å². The molecule has 10 nitrogen and oxygen atoms in total. The third-order valence-corrected chi connectivity index (χ3v) is 14.3. The fourth-order valence-corrected chi connectivity index (χ4v) is 11.7. The molecule has 2 heterocycles. The summed E-state index contributed by atoms with van der Waals surface area (Å²) in [4.78, 5) is 20.0. The molecule has 0 bridgehead atoms. The number of carboxylic acid groups (broad SMARTS) is 1. The van der Waals surface area contributed by atoms with E-state index in [0.717, 1.165) is 46.3 Å². The first-order valence-electron chi connectivity index (χ1n) is 18.7. The molecule has 1 N–H and O–H groups in total. The Hall–Kier alpha value is -6.39. The van der Waals surface area contributed by atoms with Crippen molar-refractivity contribution in [2.24, 2.45) is 0 Å². The zero-order chi connectivity index (χ0) is 42.7. The average Bonchev–Trinajstić information content (AvgIpc) is 3.99. The summed E-state index contributed by atoms with van der Waals surface area (Å²) in [6, 6.07) is 57.2. The molecule has 0 atom stereocenters. The molecule has 7 aromatic carbocycles. The molecule has 2 aliphatic heterocycles. The van der Waals surface area contributed by atoms with Crippen LogP contribution in [0.25, 0.3) is 11.1 Å². The molecule has 7 aromatic rings. The Balaban J connectivity index is 0.000000302. The number of fused-ring (bicyclic) bond motifs is 2. The number of nitrogens with zero attached hydrogens (tertiary/aromatic N) is 2. The number of rotatable bonds is 9. The van der Waals surface area contributed by atoms with Crippen molar-refractivity contribution < 1.29 is 53.9 Å². The van der Waals surface area contributed by atoms with Gasteiger partial charge in [0.15, 0.2) is 23.0 Å². The number of benzene rings is 7. The van der Waals surface area contributed by atoms with Crippen molar-refractivity contribution in [2.45, 2.75) is 0 Å². The Kier molecular flexibility index (Phi) is 15.6. The van der Waals surface area contributed by atoms with Crippen molar-refractivity contribution in [3.8, 4) is 40.2 Å². The zero-order valence-corrected chi connectivity index (χ0v) is 37.0. The molecule has 0 fully saturated rings. The van der Waals surface area contributed by atoms with Crippen LogP contribution in [0, 0.1) is 47.8 Å². The van der Waals surface area contributed by atoms with Gasteiger partial charge in [0.2, 0.25) is 25.2 Å². The zero-order valence-electron chi connectivity index (χ0n) is 32.8. The molecular weight excluding hydrogens is 999 g/mol. The summed E-state index contributed by atoms with van der Waals surface area (Å²) in [5.74, 6) is 1.67. The third-order valence-electron chi connectivity index (χ3n) is 9.30. The summed E-state index contributed by atoms with van der Waals surface area (Å²) in [6.45, 7) is 6.85. The Morgan fingerprint density at radius 3 is 1.37 bits per heavy atom. The van der Waals surface area contributed by atoms with Gasteiger partial charge in [-0.15, -0.1) is 12.1 Å². The van der Waals surface area contributed by atoms with E-state index in [1.807, 2.05) is 0 Å². The topological polar surface area (TPSA) is 141 Å². The number of carboxylic acids is 1. The van der Waals surface area contributed by atoms with Crippen molar-refractivity contribution in [3.63, 3.8) is 0 Å². The van der Waals surface area contributed by atoms with E-state index in [4.69, 9.17) is 29.3 Å². The maximum Gasteiger partial charge on any atom is 0.247 e. The number of ether oxygens (including phenoxy) is 4. The molecule has 0 amide bonds. The van der Waals surface area contributed by atoms with Gasteiger partial charge in [-0.25, -0.2) is 5.26 Å². The van der Waals surface area contributed by atoms with Gasteiger partial charge in [0.25, 0.3) is 0 Å². The predicted molar refractivity (Wildman–Crippen MR) is 240 cm³/mol. The molecule has 310 valence electrons. The molecule has 0 aromatic heterocycles. The Morgan fingerprint density at radius 2 is 1.05 bits per heavy atom. The largest absolute Gasteiger partial charge is 0.521 e. The van der Waals surface area contributed by atoms with Gasteiger partial charge in [0.1, 0.15) is 0 Å². The summed E-state index contributed by atoms with van der Waals surface area (Å²) >= 11 is 0. The Labute approximate surface area is 375 Å². The smallest absolute Gasteiger partial charge is 0.247 e. The molecule has 13 heteroatoms. The van der Waals surface area contributed by atoms with Gasteiger partial charge in [0.05, 0.1) is 6.07 Å². The first kappa shape index (κ1) is 45.1. The maximum absolute atomic E-state index is 10.4. The minimum absolute atomic E-state index is 0. The predicted octanol–water partition coefficient (Wildman–Crippen LogP) is 8.15. The van der Waals surface area contributed by atoms with E-state index in [-0.39, 0.29) is 44.8 Å². The molecular formula is C49H36IrN2O8P2-. The van der Waals surface area contributed by atoms with Gasteiger partial charge in [-0.2, -0.15) is 0 Å². The van der Waals surface area contributed by atoms with E-state index >= 15 is 0 Å². The number of aromatic carboxylic acids is 1. The molecule has 0 saturated heterocycles. The van der Waals surface area contributed by atoms with Gasteiger partial charge in [-0.05, 0) is 92.2 Å². The molecule has 4 radical (unpaired) electrons. The van der Waals surface area contributed by atoms with Crippen molar-refractivity contribution >= 4 is 59.3 Å². The van der Waals surface area contributed by atoms with Crippen LogP contribution in [0.4, 0.5) is 5.69 Å². The summed E-state index contributed by atoms with van der Waals surface area (Å²) in [7, 11) is -1.94. The molecule has 2 aliphatic rings. The minimum atomic E-state index is -1.32. The van der Waals surface area contributed by atoms with Gasteiger partial charge in [-0.1, -0.05) is 133 Å². The second-order valence-corrected chi connectivity index (χ2v) is 17.4. The first-order chi connectivity index (χ1) is 29.8. The van der Waals surface area contributed by atoms with Gasteiger partial charge in [0, 0.05) is 41.7 Å². The first-order valence-corrected chi connectivity index (χ1v) is 21.4. The fourth-order valence-electron chi connectivity index (χ4n) is 6.79. The van der Waals surface area contributed by atoms with Crippen molar-refractivity contribution in [3.05, 3.63) is 205 Å². The van der Waals surface area contributed by atoms with E-state index in [9.17, 15) is 14.9 Å². The fraction of sp³-hybridized carbons (Fsp3) is 0.0408. The molecule has 0 saturated carbocycles. The average molecular weight is 1030 g/mol. The summed E-state index contributed by atoms with van der Waals surface area (Å²) in [6.07, 6.45) is 1.50. The number of nitro groups is 1. The van der Waals surface area contributed by atoms with Crippen LogP contribution in [0.15, 0.2) is 158 Å². The normalized spacial score (nSPS) is 11.6.